The molecule has 0 N–H and O–H groups in total. The summed E-state index contributed by atoms with van der Waals surface area (Å²) in [6, 6.07) is 0. The number of aryl methyl sites for hydroxylation is 2. The molecule has 0 unspecified atom stereocenters. The fourth-order valence-electron chi connectivity index (χ4n) is 1.08. The first-order valence-electron chi connectivity index (χ1n) is 3.59. The molecule has 0 aliphatic carbocycles. The smallest absolute Gasteiger partial charge is 0.0752 e. The molecule has 0 atom stereocenters. The van der Waals surface area contributed by atoms with Crippen molar-refractivity contribution >= 4 is 0 Å². The highest BCUT2D eigenvalue weighted by Gasteiger charge is 2.04. The summed E-state index contributed by atoms with van der Waals surface area (Å²) < 4.78 is 1.86. The van der Waals surface area contributed by atoms with Gasteiger partial charge in [0.05, 0.1) is 17.0 Å². The molecule has 0 fully saturated rings. The molecule has 1 rings (SSSR count). The minimum Gasteiger partial charge on any atom is -0.271 e. The van der Waals surface area contributed by atoms with Gasteiger partial charge in [0.2, 0.25) is 0 Å². The third-order valence-corrected chi connectivity index (χ3v) is 1.76. The maximum absolute atomic E-state index is 4.24. The van der Waals surface area contributed by atoms with Gasteiger partial charge in [-0.25, -0.2) is 0 Å². The molecule has 58 valence electrons. The van der Waals surface area contributed by atoms with Crippen LogP contribution < -0.4 is 0 Å². The maximum atomic E-state index is 4.24. The second kappa shape index (κ2) is 2.79. The molecule has 0 saturated carbocycles. The zero-order chi connectivity index (χ0) is 8.43. The molecule has 0 amide bonds. The van der Waals surface area contributed by atoms with Gasteiger partial charge in [0.15, 0.2) is 0 Å². The second-order valence-corrected chi connectivity index (χ2v) is 2.54. The van der Waals surface area contributed by atoms with E-state index in [-0.39, 0.29) is 0 Å². The van der Waals surface area contributed by atoms with Gasteiger partial charge >= 0.3 is 0 Å². The fraction of sp³-hybridized carbons (Fsp3) is 0.444. The molecule has 0 radical (unpaired) electrons. The van der Waals surface area contributed by atoms with Gasteiger partial charge in [-0.2, -0.15) is 5.10 Å². The minimum atomic E-state index is 1.01. The van der Waals surface area contributed by atoms with Crippen LogP contribution in [0.5, 0.6) is 0 Å². The van der Waals surface area contributed by atoms with Crippen LogP contribution in [0.3, 0.4) is 0 Å². The highest BCUT2D eigenvalue weighted by molar-refractivity contribution is 5.40. The summed E-state index contributed by atoms with van der Waals surface area (Å²) in [5.41, 5.74) is 3.21. The van der Waals surface area contributed by atoms with E-state index in [9.17, 15) is 0 Å². The molecule has 0 spiro atoms. The quantitative estimate of drug-likeness (QED) is 0.509. The van der Waals surface area contributed by atoms with Gasteiger partial charge in [-0.1, -0.05) is 5.92 Å². The van der Waals surface area contributed by atoms with E-state index in [1.165, 1.54) is 0 Å². The first kappa shape index (κ1) is 7.87. The summed E-state index contributed by atoms with van der Waals surface area (Å²) in [5, 5.41) is 4.24. The topological polar surface area (TPSA) is 17.8 Å². The predicted molar refractivity (Wildman–Crippen MR) is 45.2 cm³/mol. The van der Waals surface area contributed by atoms with E-state index >= 15 is 0 Å². The monoisotopic (exact) mass is 148 g/mol. The van der Waals surface area contributed by atoms with Gasteiger partial charge in [-0.05, 0) is 20.8 Å². The zero-order valence-corrected chi connectivity index (χ0v) is 7.39. The molecule has 0 aliphatic heterocycles. The third-order valence-electron chi connectivity index (χ3n) is 1.76. The lowest BCUT2D eigenvalue weighted by Crippen LogP contribution is -1.92. The zero-order valence-electron chi connectivity index (χ0n) is 7.39. The van der Waals surface area contributed by atoms with E-state index in [4.69, 9.17) is 0 Å². The Morgan fingerprint density at radius 3 is 2.36 bits per heavy atom. The summed E-state index contributed by atoms with van der Waals surface area (Å²) >= 11 is 0. The Balaban J connectivity index is 3.30. The normalized spacial score (nSPS) is 9.09. The molecule has 2 heteroatoms. The lowest BCUT2D eigenvalue weighted by molar-refractivity contribution is 0.731. The van der Waals surface area contributed by atoms with Crippen molar-refractivity contribution in [3.05, 3.63) is 17.0 Å². The van der Waals surface area contributed by atoms with Crippen molar-refractivity contribution in [2.45, 2.75) is 20.8 Å². The van der Waals surface area contributed by atoms with Gasteiger partial charge < -0.3 is 0 Å². The number of hydrogen-bond donors (Lipinski definition) is 0. The maximum Gasteiger partial charge on any atom is 0.0752 e. The summed E-state index contributed by atoms with van der Waals surface area (Å²) in [6.45, 7) is 5.85. The van der Waals surface area contributed by atoms with Crippen molar-refractivity contribution in [3.63, 3.8) is 0 Å². The lowest BCUT2D eigenvalue weighted by atomic mass is 10.2. The molecule has 1 aromatic heterocycles. The van der Waals surface area contributed by atoms with Crippen molar-refractivity contribution in [2.75, 3.05) is 0 Å². The number of aromatic nitrogens is 2. The van der Waals surface area contributed by atoms with E-state index in [0.717, 1.165) is 17.0 Å². The van der Waals surface area contributed by atoms with Gasteiger partial charge in [0.25, 0.3) is 0 Å². The van der Waals surface area contributed by atoms with Gasteiger partial charge in [0, 0.05) is 7.05 Å². The molecule has 1 heterocycles. The largest absolute Gasteiger partial charge is 0.271 e. The Morgan fingerprint density at radius 2 is 2.00 bits per heavy atom. The molecule has 11 heavy (non-hydrogen) atoms. The van der Waals surface area contributed by atoms with Gasteiger partial charge in [-0.15, -0.1) is 5.92 Å². The van der Waals surface area contributed by atoms with E-state index < -0.39 is 0 Å². The molecule has 0 bridgehead atoms. The second-order valence-electron chi connectivity index (χ2n) is 2.54. The average Bonchev–Trinajstić information content (AvgIpc) is 2.17. The fourth-order valence-corrected chi connectivity index (χ4v) is 1.08. The molecule has 2 nitrogen and oxygen atoms in total. The van der Waals surface area contributed by atoms with E-state index in [2.05, 4.69) is 16.9 Å². The highest BCUT2D eigenvalue weighted by Crippen LogP contribution is 2.09. The van der Waals surface area contributed by atoms with E-state index in [0.29, 0.717) is 0 Å². The van der Waals surface area contributed by atoms with Crippen LogP contribution in [0.15, 0.2) is 0 Å². The van der Waals surface area contributed by atoms with Crippen LogP contribution in [0.1, 0.15) is 23.9 Å². The predicted octanol–water partition coefficient (Wildman–Crippen LogP) is 1.41. The summed E-state index contributed by atoms with van der Waals surface area (Å²) in [7, 11) is 1.93. The van der Waals surface area contributed by atoms with Crippen LogP contribution in [0, 0.1) is 25.7 Å². The molecule has 0 aliphatic rings. The molecular formula is C9H12N2. The number of hydrogen-bond acceptors (Lipinski definition) is 1. The Bertz CT molecular complexity index is 323. The van der Waals surface area contributed by atoms with Crippen LogP contribution >= 0.6 is 0 Å². The Kier molecular flexibility index (Phi) is 2.00. The first-order valence-corrected chi connectivity index (χ1v) is 3.59. The van der Waals surface area contributed by atoms with Crippen molar-refractivity contribution in [1.82, 2.24) is 9.78 Å². The molecule has 0 aromatic carbocycles. The first-order chi connectivity index (χ1) is 5.16. The van der Waals surface area contributed by atoms with Crippen LogP contribution in [-0.2, 0) is 7.05 Å². The van der Waals surface area contributed by atoms with Crippen LogP contribution in [0.2, 0.25) is 0 Å². The average molecular weight is 148 g/mol. The number of nitrogens with zero attached hydrogens (tertiary/aromatic N) is 2. The molecule has 0 saturated heterocycles. The van der Waals surface area contributed by atoms with Crippen molar-refractivity contribution in [3.8, 4) is 11.8 Å². The number of rotatable bonds is 0. The van der Waals surface area contributed by atoms with E-state index in [1.54, 1.807) is 0 Å². The summed E-state index contributed by atoms with van der Waals surface area (Å²) in [4.78, 5) is 0. The third kappa shape index (κ3) is 1.27. The molecule has 1 aromatic rings. The van der Waals surface area contributed by atoms with Crippen LogP contribution in [0.4, 0.5) is 0 Å². The van der Waals surface area contributed by atoms with Crippen molar-refractivity contribution in [2.24, 2.45) is 7.05 Å². The Hall–Kier alpha value is -1.23. The SMILES string of the molecule is CC#Cc1c(C)nn(C)c1C. The minimum absolute atomic E-state index is 1.01. The standard InChI is InChI=1S/C9H12N2/c1-5-6-9-7(2)10-11(4)8(9)3/h1-4H3. The molecular weight excluding hydrogens is 136 g/mol. The van der Waals surface area contributed by atoms with Gasteiger partial charge in [0.1, 0.15) is 0 Å². The van der Waals surface area contributed by atoms with Crippen LogP contribution in [-0.4, -0.2) is 9.78 Å². The Labute approximate surface area is 67.2 Å². The lowest BCUT2D eigenvalue weighted by Gasteiger charge is -1.90. The summed E-state index contributed by atoms with van der Waals surface area (Å²) in [5.74, 6) is 5.91. The Morgan fingerprint density at radius 1 is 1.36 bits per heavy atom. The van der Waals surface area contributed by atoms with Gasteiger partial charge in [-0.3, -0.25) is 4.68 Å². The van der Waals surface area contributed by atoms with E-state index in [1.807, 2.05) is 32.5 Å². The summed E-state index contributed by atoms with van der Waals surface area (Å²) in [6.07, 6.45) is 0. The van der Waals surface area contributed by atoms with Crippen LogP contribution in [0.25, 0.3) is 0 Å². The van der Waals surface area contributed by atoms with Crippen molar-refractivity contribution in [1.29, 1.82) is 0 Å². The highest BCUT2D eigenvalue weighted by atomic mass is 15.3. The van der Waals surface area contributed by atoms with Crippen molar-refractivity contribution < 1.29 is 0 Å².